The van der Waals surface area contributed by atoms with E-state index in [1.165, 1.54) is 5.56 Å². The van der Waals surface area contributed by atoms with Crippen LogP contribution in [-0.4, -0.2) is 4.98 Å². The van der Waals surface area contributed by atoms with Crippen LogP contribution < -0.4 is 0 Å². The molecule has 3 rings (SSSR count). The Balaban J connectivity index is 2.15. The zero-order valence-corrected chi connectivity index (χ0v) is 10.3. The van der Waals surface area contributed by atoms with Gasteiger partial charge in [-0.25, -0.2) is 4.98 Å². The maximum Gasteiger partial charge on any atom is 0.192 e. The standard InChI is InChI=1S/C15H13NO2/c1-10-5-7-12(8-6-10)15-14(16-11(2)18-15)13-4-3-9-17-13/h3-9H,1-2H3. The molecule has 3 nitrogen and oxygen atoms in total. The summed E-state index contributed by atoms with van der Waals surface area (Å²) < 4.78 is 11.1. The summed E-state index contributed by atoms with van der Waals surface area (Å²) in [6, 6.07) is 11.9. The second kappa shape index (κ2) is 4.18. The summed E-state index contributed by atoms with van der Waals surface area (Å²) in [4.78, 5) is 4.39. The third kappa shape index (κ3) is 1.84. The largest absolute Gasteiger partial charge is 0.463 e. The fraction of sp³-hybridized carbons (Fsp3) is 0.133. The first-order valence-electron chi connectivity index (χ1n) is 5.82. The topological polar surface area (TPSA) is 39.2 Å². The number of nitrogens with zero attached hydrogens (tertiary/aromatic N) is 1. The molecular formula is C15H13NO2. The summed E-state index contributed by atoms with van der Waals surface area (Å²) in [6.45, 7) is 3.90. The van der Waals surface area contributed by atoms with Gasteiger partial charge >= 0.3 is 0 Å². The minimum atomic E-state index is 0.636. The molecule has 0 radical (unpaired) electrons. The van der Waals surface area contributed by atoms with E-state index in [0.717, 1.165) is 22.8 Å². The Kier molecular flexibility index (Phi) is 2.52. The van der Waals surface area contributed by atoms with Gasteiger partial charge in [-0.2, -0.15) is 0 Å². The Morgan fingerprint density at radius 1 is 1.00 bits per heavy atom. The number of oxazole rings is 1. The number of benzene rings is 1. The molecule has 0 unspecified atom stereocenters. The molecule has 0 atom stereocenters. The van der Waals surface area contributed by atoms with Gasteiger partial charge in [-0.1, -0.05) is 29.8 Å². The highest BCUT2D eigenvalue weighted by Gasteiger charge is 2.16. The summed E-state index contributed by atoms with van der Waals surface area (Å²) in [5.74, 6) is 2.11. The van der Waals surface area contributed by atoms with Crippen molar-refractivity contribution >= 4 is 0 Å². The molecule has 0 amide bonds. The predicted molar refractivity (Wildman–Crippen MR) is 69.1 cm³/mol. The van der Waals surface area contributed by atoms with E-state index in [1.54, 1.807) is 6.26 Å². The van der Waals surface area contributed by atoms with Crippen LogP contribution >= 0.6 is 0 Å². The number of rotatable bonds is 2. The second-order valence-corrected chi connectivity index (χ2v) is 4.25. The van der Waals surface area contributed by atoms with Gasteiger partial charge in [0, 0.05) is 12.5 Å². The van der Waals surface area contributed by atoms with Gasteiger partial charge in [0.1, 0.15) is 0 Å². The van der Waals surface area contributed by atoms with Crippen LogP contribution in [0.4, 0.5) is 0 Å². The molecule has 0 saturated carbocycles. The molecule has 1 aromatic carbocycles. The average Bonchev–Trinajstić information content (AvgIpc) is 2.98. The molecule has 0 fully saturated rings. The summed E-state index contributed by atoms with van der Waals surface area (Å²) >= 11 is 0. The van der Waals surface area contributed by atoms with Crippen molar-refractivity contribution in [1.29, 1.82) is 0 Å². The van der Waals surface area contributed by atoms with E-state index in [0.29, 0.717) is 5.89 Å². The zero-order chi connectivity index (χ0) is 12.5. The molecule has 0 bridgehead atoms. The third-order valence-electron chi connectivity index (χ3n) is 2.80. The molecular weight excluding hydrogens is 226 g/mol. The number of aryl methyl sites for hydroxylation is 2. The summed E-state index contributed by atoms with van der Waals surface area (Å²) in [7, 11) is 0. The van der Waals surface area contributed by atoms with Crippen molar-refractivity contribution in [2.24, 2.45) is 0 Å². The monoisotopic (exact) mass is 239 g/mol. The lowest BCUT2D eigenvalue weighted by molar-refractivity contribution is 0.534. The van der Waals surface area contributed by atoms with E-state index in [9.17, 15) is 0 Å². The van der Waals surface area contributed by atoms with Crippen LogP contribution in [0.2, 0.25) is 0 Å². The van der Waals surface area contributed by atoms with Crippen molar-refractivity contribution in [2.75, 3.05) is 0 Å². The van der Waals surface area contributed by atoms with E-state index in [1.807, 2.05) is 31.2 Å². The van der Waals surface area contributed by atoms with Crippen molar-refractivity contribution in [3.05, 3.63) is 54.1 Å². The molecule has 2 heterocycles. The van der Waals surface area contributed by atoms with Gasteiger partial charge in [0.05, 0.1) is 6.26 Å². The minimum Gasteiger partial charge on any atom is -0.463 e. The van der Waals surface area contributed by atoms with Crippen molar-refractivity contribution in [3.63, 3.8) is 0 Å². The van der Waals surface area contributed by atoms with Gasteiger partial charge in [0.15, 0.2) is 23.1 Å². The SMILES string of the molecule is Cc1ccc(-c2oc(C)nc2-c2ccco2)cc1. The highest BCUT2D eigenvalue weighted by Crippen LogP contribution is 2.32. The molecule has 0 saturated heterocycles. The summed E-state index contributed by atoms with van der Waals surface area (Å²) in [5, 5.41) is 0. The molecule has 0 N–H and O–H groups in total. The third-order valence-corrected chi connectivity index (χ3v) is 2.80. The second-order valence-electron chi connectivity index (χ2n) is 4.25. The Morgan fingerprint density at radius 2 is 1.78 bits per heavy atom. The maximum atomic E-state index is 5.69. The van der Waals surface area contributed by atoms with Gasteiger partial charge in [0.25, 0.3) is 0 Å². The van der Waals surface area contributed by atoms with Crippen molar-refractivity contribution in [1.82, 2.24) is 4.98 Å². The van der Waals surface area contributed by atoms with Crippen molar-refractivity contribution in [3.8, 4) is 22.8 Å². The van der Waals surface area contributed by atoms with Crippen LogP contribution in [0, 0.1) is 13.8 Å². The minimum absolute atomic E-state index is 0.636. The molecule has 2 aromatic heterocycles. The lowest BCUT2D eigenvalue weighted by Crippen LogP contribution is -1.80. The molecule has 18 heavy (non-hydrogen) atoms. The highest BCUT2D eigenvalue weighted by atomic mass is 16.4. The number of hydrogen-bond acceptors (Lipinski definition) is 3. The van der Waals surface area contributed by atoms with Crippen LogP contribution in [-0.2, 0) is 0 Å². The van der Waals surface area contributed by atoms with Crippen LogP contribution in [0.25, 0.3) is 22.8 Å². The van der Waals surface area contributed by atoms with Crippen LogP contribution in [0.15, 0.2) is 51.5 Å². The smallest absolute Gasteiger partial charge is 0.192 e. The lowest BCUT2D eigenvalue weighted by Gasteiger charge is -1.99. The van der Waals surface area contributed by atoms with E-state index >= 15 is 0 Å². The molecule has 0 aliphatic carbocycles. The lowest BCUT2D eigenvalue weighted by atomic mass is 10.1. The number of aromatic nitrogens is 1. The number of furan rings is 1. The summed E-state index contributed by atoms with van der Waals surface area (Å²) in [5.41, 5.74) is 2.98. The molecule has 0 aliphatic heterocycles. The van der Waals surface area contributed by atoms with Gasteiger partial charge in [-0.3, -0.25) is 0 Å². The Labute approximate surface area is 105 Å². The van der Waals surface area contributed by atoms with E-state index < -0.39 is 0 Å². The van der Waals surface area contributed by atoms with E-state index in [4.69, 9.17) is 8.83 Å². The first-order valence-corrected chi connectivity index (χ1v) is 5.82. The number of hydrogen-bond donors (Lipinski definition) is 0. The quantitative estimate of drug-likeness (QED) is 0.672. The fourth-order valence-corrected chi connectivity index (χ4v) is 1.91. The van der Waals surface area contributed by atoms with Crippen molar-refractivity contribution < 1.29 is 8.83 Å². The van der Waals surface area contributed by atoms with Crippen LogP contribution in [0.1, 0.15) is 11.5 Å². The molecule has 0 aliphatic rings. The molecule has 0 spiro atoms. The van der Waals surface area contributed by atoms with Crippen LogP contribution in [0.5, 0.6) is 0 Å². The fourth-order valence-electron chi connectivity index (χ4n) is 1.91. The van der Waals surface area contributed by atoms with Crippen molar-refractivity contribution in [2.45, 2.75) is 13.8 Å². The first kappa shape index (κ1) is 10.8. The predicted octanol–water partition coefficient (Wildman–Crippen LogP) is 4.22. The Hall–Kier alpha value is -2.29. The first-order chi connectivity index (χ1) is 8.74. The molecule has 3 heteroatoms. The zero-order valence-electron chi connectivity index (χ0n) is 10.3. The van der Waals surface area contributed by atoms with Gasteiger partial charge in [-0.05, 0) is 19.1 Å². The van der Waals surface area contributed by atoms with E-state index in [2.05, 4.69) is 24.0 Å². The van der Waals surface area contributed by atoms with Crippen LogP contribution in [0.3, 0.4) is 0 Å². The highest BCUT2D eigenvalue weighted by molar-refractivity contribution is 5.74. The van der Waals surface area contributed by atoms with Gasteiger partial charge in [0.2, 0.25) is 0 Å². The van der Waals surface area contributed by atoms with Gasteiger partial charge in [-0.15, -0.1) is 0 Å². The van der Waals surface area contributed by atoms with Gasteiger partial charge < -0.3 is 8.83 Å². The normalized spacial score (nSPS) is 10.8. The molecule has 90 valence electrons. The van der Waals surface area contributed by atoms with E-state index in [-0.39, 0.29) is 0 Å². The Morgan fingerprint density at radius 3 is 2.44 bits per heavy atom. The maximum absolute atomic E-state index is 5.69. The molecule has 3 aromatic rings. The summed E-state index contributed by atoms with van der Waals surface area (Å²) in [6.07, 6.45) is 1.64. The Bertz CT molecular complexity index is 648. The average molecular weight is 239 g/mol.